The van der Waals surface area contributed by atoms with Crippen molar-refractivity contribution in [2.45, 2.75) is 35.1 Å². The average Bonchev–Trinajstić information content (AvgIpc) is 3.43. The zero-order chi connectivity index (χ0) is 32.3. The summed E-state index contributed by atoms with van der Waals surface area (Å²) < 4.78 is 81.8. The quantitative estimate of drug-likeness (QED) is 0.198. The van der Waals surface area contributed by atoms with Crippen molar-refractivity contribution in [1.29, 1.82) is 0 Å². The minimum atomic E-state index is -4.75. The average molecular weight is 664 g/mol. The third kappa shape index (κ3) is 5.54. The van der Waals surface area contributed by atoms with Crippen molar-refractivity contribution in [3.63, 3.8) is 0 Å². The maximum absolute atomic E-state index is 13.9. The van der Waals surface area contributed by atoms with E-state index in [-0.39, 0.29) is 10.7 Å². The summed E-state index contributed by atoms with van der Waals surface area (Å²) >= 11 is 1.55. The fraction of sp³-hybridized carbons (Fsp3) is 0.200. The van der Waals surface area contributed by atoms with E-state index >= 15 is 0 Å². The molecule has 1 fully saturated rings. The normalized spacial score (nSPS) is 19.8. The molecular formula is C30H19F6N3O4S2. The molecule has 0 radical (unpaired) electrons. The summed E-state index contributed by atoms with van der Waals surface area (Å²) in [5.41, 5.74) is -2.34. The summed E-state index contributed by atoms with van der Waals surface area (Å²) in [6.07, 6.45) is -9.48. The predicted octanol–water partition coefficient (Wildman–Crippen LogP) is 6.38. The summed E-state index contributed by atoms with van der Waals surface area (Å²) in [6.45, 7) is -0.692. The molecule has 2 aliphatic heterocycles. The number of rotatable bonds is 5. The topological polar surface area (TPSA) is 88.5 Å². The smallest absolute Gasteiger partial charge is 0.324 e. The highest BCUT2D eigenvalue weighted by molar-refractivity contribution is 8.00. The number of amides is 3. The molecule has 3 amide bonds. The molecular weight excluding hydrogens is 644 g/mol. The first kappa shape index (κ1) is 30.6. The van der Waals surface area contributed by atoms with Crippen LogP contribution in [0.3, 0.4) is 0 Å². The third-order valence-electron chi connectivity index (χ3n) is 7.45. The molecule has 1 aromatic heterocycles. The van der Waals surface area contributed by atoms with E-state index in [1.165, 1.54) is 12.1 Å². The lowest BCUT2D eigenvalue weighted by molar-refractivity contribution is -0.138. The second kappa shape index (κ2) is 11.2. The Morgan fingerprint density at radius 1 is 0.822 bits per heavy atom. The lowest BCUT2D eigenvalue weighted by Gasteiger charge is -2.30. The number of fused-ring (bicyclic) bond motifs is 2. The van der Waals surface area contributed by atoms with Crippen LogP contribution in [-0.4, -0.2) is 27.5 Å². The van der Waals surface area contributed by atoms with Crippen molar-refractivity contribution < 1.29 is 40.7 Å². The summed E-state index contributed by atoms with van der Waals surface area (Å²) in [6, 6.07) is 16.6. The molecule has 45 heavy (non-hydrogen) atoms. The molecule has 0 saturated carbocycles. The van der Waals surface area contributed by atoms with Gasteiger partial charge in [-0.05, 0) is 35.9 Å². The number of hydrogen-bond donors (Lipinski definition) is 1. The standard InChI is InChI=1S/C30H19F6N3O4S2/c31-29(32,33)16-9-6-10-17(13-16)39-25(41)22-21(15-7-2-1-3-8-15)24-27(44-23(22)26(39)42)38(28(43)45-24)14-20(40)37-19-12-5-4-11-18(19)30(34,35)36/h1-13,21-23H,14H2,(H,37,40)/t21-,22?,23?/m1/s1. The van der Waals surface area contributed by atoms with Crippen molar-refractivity contribution in [3.8, 4) is 0 Å². The van der Waals surface area contributed by atoms with Gasteiger partial charge in [0.25, 0.3) is 0 Å². The van der Waals surface area contributed by atoms with E-state index in [1.54, 1.807) is 30.3 Å². The predicted molar refractivity (Wildman–Crippen MR) is 154 cm³/mol. The summed E-state index contributed by atoms with van der Waals surface area (Å²) in [7, 11) is 0. The number of benzene rings is 3. The second-order valence-electron chi connectivity index (χ2n) is 10.2. The highest BCUT2D eigenvalue weighted by Gasteiger charge is 2.57. The molecule has 0 aliphatic carbocycles. The molecule has 2 unspecified atom stereocenters. The highest BCUT2D eigenvalue weighted by atomic mass is 32.2. The molecule has 4 aromatic rings. The zero-order valence-corrected chi connectivity index (χ0v) is 24.2. The number of alkyl halides is 6. The number of thiazole rings is 1. The van der Waals surface area contributed by atoms with Gasteiger partial charge >= 0.3 is 17.2 Å². The van der Waals surface area contributed by atoms with Crippen LogP contribution in [0.25, 0.3) is 0 Å². The monoisotopic (exact) mass is 663 g/mol. The van der Waals surface area contributed by atoms with Crippen molar-refractivity contribution in [1.82, 2.24) is 4.57 Å². The van der Waals surface area contributed by atoms with Gasteiger partial charge in [-0.15, -0.1) is 0 Å². The minimum Gasteiger partial charge on any atom is -0.324 e. The van der Waals surface area contributed by atoms with Crippen molar-refractivity contribution in [3.05, 3.63) is 110 Å². The van der Waals surface area contributed by atoms with Gasteiger partial charge in [-0.3, -0.25) is 23.7 Å². The van der Waals surface area contributed by atoms with E-state index in [2.05, 4.69) is 5.32 Å². The maximum atomic E-state index is 13.9. The molecule has 3 aromatic carbocycles. The van der Waals surface area contributed by atoms with Gasteiger partial charge in [0.15, 0.2) is 0 Å². The number of aromatic nitrogens is 1. The van der Waals surface area contributed by atoms with E-state index < -0.39 is 75.4 Å². The Morgan fingerprint density at radius 2 is 1.51 bits per heavy atom. The summed E-state index contributed by atoms with van der Waals surface area (Å²) in [4.78, 5) is 54.2. The van der Waals surface area contributed by atoms with Gasteiger partial charge in [0.2, 0.25) is 17.7 Å². The van der Waals surface area contributed by atoms with Gasteiger partial charge < -0.3 is 5.32 Å². The van der Waals surface area contributed by atoms with Gasteiger partial charge in [-0.2, -0.15) is 26.3 Å². The Morgan fingerprint density at radius 3 is 2.20 bits per heavy atom. The van der Waals surface area contributed by atoms with Crippen LogP contribution in [0.5, 0.6) is 0 Å². The minimum absolute atomic E-state index is 0.173. The SMILES string of the molecule is O=C(Cn1c2c(sc1=O)[C@H](c1ccccc1)C1C(=O)N(c3cccc(C(F)(F)F)c3)C(=O)C1S2)Nc1ccccc1C(F)(F)F. The first-order valence-corrected chi connectivity index (χ1v) is 14.9. The molecule has 7 nitrogen and oxygen atoms in total. The molecule has 15 heteroatoms. The van der Waals surface area contributed by atoms with Gasteiger partial charge in [-0.25, -0.2) is 4.90 Å². The molecule has 1 saturated heterocycles. The first-order valence-electron chi connectivity index (χ1n) is 13.2. The Kier molecular flexibility index (Phi) is 7.64. The Bertz CT molecular complexity index is 1890. The van der Waals surface area contributed by atoms with Crippen molar-refractivity contribution in [2.75, 3.05) is 10.2 Å². The van der Waals surface area contributed by atoms with Crippen LogP contribution < -0.4 is 15.1 Å². The van der Waals surface area contributed by atoms with Crippen molar-refractivity contribution in [2.24, 2.45) is 5.92 Å². The number of anilines is 2. The number of para-hydroxylation sites is 1. The van der Waals surface area contributed by atoms with Crippen LogP contribution in [-0.2, 0) is 33.3 Å². The number of halogens is 6. The Hall–Kier alpha value is -4.37. The lowest BCUT2D eigenvalue weighted by Crippen LogP contribution is -2.33. The summed E-state index contributed by atoms with van der Waals surface area (Å²) in [5.74, 6) is -4.44. The van der Waals surface area contributed by atoms with Gasteiger partial charge in [0, 0.05) is 10.8 Å². The molecule has 3 heterocycles. The van der Waals surface area contributed by atoms with E-state index in [9.17, 15) is 45.5 Å². The van der Waals surface area contributed by atoms with Crippen molar-refractivity contribution >= 4 is 52.2 Å². The highest BCUT2D eigenvalue weighted by Crippen LogP contribution is 2.54. The molecule has 1 N–H and O–H groups in total. The number of imide groups is 1. The van der Waals surface area contributed by atoms with Gasteiger partial charge in [0.05, 0.1) is 33.4 Å². The van der Waals surface area contributed by atoms with E-state index in [4.69, 9.17) is 0 Å². The molecule has 3 atom stereocenters. The van der Waals surface area contributed by atoms with Crippen LogP contribution in [0, 0.1) is 5.92 Å². The van der Waals surface area contributed by atoms with Crippen LogP contribution in [0.2, 0.25) is 0 Å². The summed E-state index contributed by atoms with van der Waals surface area (Å²) in [5, 5.41) is 1.20. The zero-order valence-electron chi connectivity index (χ0n) is 22.6. The number of carbonyl (C=O) groups excluding carboxylic acids is 3. The Labute approximate surface area is 258 Å². The molecule has 0 spiro atoms. The van der Waals surface area contributed by atoms with Crippen LogP contribution in [0.1, 0.15) is 27.5 Å². The molecule has 2 aliphatic rings. The number of hydrogen-bond acceptors (Lipinski definition) is 6. The lowest BCUT2D eigenvalue weighted by atomic mass is 9.83. The number of nitrogens with one attached hydrogen (secondary N) is 1. The van der Waals surface area contributed by atoms with E-state index in [0.717, 1.165) is 58.0 Å². The largest absolute Gasteiger partial charge is 0.418 e. The molecule has 6 rings (SSSR count). The second-order valence-corrected chi connectivity index (χ2v) is 12.4. The van der Waals surface area contributed by atoms with E-state index in [0.29, 0.717) is 21.4 Å². The third-order valence-corrected chi connectivity index (χ3v) is 10.1. The maximum Gasteiger partial charge on any atom is 0.418 e. The van der Waals surface area contributed by atoms with Gasteiger partial charge in [-0.1, -0.05) is 71.6 Å². The van der Waals surface area contributed by atoms with Crippen LogP contribution >= 0.6 is 23.1 Å². The molecule has 232 valence electrons. The number of nitrogens with zero attached hydrogens (tertiary/aromatic N) is 2. The van der Waals surface area contributed by atoms with Crippen LogP contribution in [0.4, 0.5) is 37.7 Å². The molecule has 0 bridgehead atoms. The first-order chi connectivity index (χ1) is 21.3. The van der Waals surface area contributed by atoms with Gasteiger partial charge in [0.1, 0.15) is 11.8 Å². The van der Waals surface area contributed by atoms with E-state index in [1.807, 2.05) is 0 Å². The Balaban J connectivity index is 1.39. The fourth-order valence-corrected chi connectivity index (χ4v) is 8.30. The fourth-order valence-electron chi connectivity index (χ4n) is 5.52. The number of thioether (sulfide) groups is 1. The van der Waals surface area contributed by atoms with Crippen LogP contribution in [0.15, 0.2) is 88.7 Å². The number of carbonyl (C=O) groups is 3.